The number of nitrogens with zero attached hydrogens (tertiary/aromatic N) is 1. The molecule has 0 atom stereocenters. The second-order valence-electron chi connectivity index (χ2n) is 5.03. The molecule has 0 aromatic heterocycles. The molecule has 1 aromatic rings. The molecule has 1 aliphatic rings. The summed E-state index contributed by atoms with van der Waals surface area (Å²) in [4.78, 5) is 2.22. The Labute approximate surface area is 109 Å². The van der Waals surface area contributed by atoms with Crippen LogP contribution in [-0.4, -0.2) is 12.6 Å². The smallest absolute Gasteiger partial charge is 0.146 e. The number of benzene rings is 1. The third-order valence-corrected chi connectivity index (χ3v) is 3.93. The minimum atomic E-state index is -0.134. The van der Waals surface area contributed by atoms with Crippen molar-refractivity contribution >= 4 is 5.69 Å². The molecule has 1 fully saturated rings. The van der Waals surface area contributed by atoms with Crippen LogP contribution in [0.5, 0.6) is 0 Å². The van der Waals surface area contributed by atoms with E-state index in [2.05, 4.69) is 11.8 Å². The largest absolute Gasteiger partial charge is 0.366 e. The molecular weight excluding hydrogens is 227 g/mol. The average Bonchev–Trinajstić information content (AvgIpc) is 2.42. The average molecular weight is 250 g/mol. The normalized spacial score (nSPS) is 16.8. The van der Waals surface area contributed by atoms with Crippen molar-refractivity contribution in [1.82, 2.24) is 0 Å². The van der Waals surface area contributed by atoms with Gasteiger partial charge in [0.2, 0.25) is 0 Å². The van der Waals surface area contributed by atoms with E-state index in [1.807, 2.05) is 6.07 Å². The van der Waals surface area contributed by atoms with Gasteiger partial charge in [-0.2, -0.15) is 0 Å². The van der Waals surface area contributed by atoms with E-state index in [4.69, 9.17) is 5.73 Å². The quantitative estimate of drug-likeness (QED) is 0.887. The number of rotatable bonds is 4. The van der Waals surface area contributed by atoms with Crippen LogP contribution in [0.15, 0.2) is 18.2 Å². The van der Waals surface area contributed by atoms with E-state index in [1.165, 1.54) is 32.1 Å². The lowest BCUT2D eigenvalue weighted by Gasteiger charge is -2.36. The lowest BCUT2D eigenvalue weighted by Crippen LogP contribution is -2.38. The van der Waals surface area contributed by atoms with Gasteiger partial charge in [-0.05, 0) is 31.4 Å². The van der Waals surface area contributed by atoms with Crippen LogP contribution in [0.25, 0.3) is 0 Å². The molecule has 2 nitrogen and oxygen atoms in total. The number of halogens is 1. The molecule has 0 spiro atoms. The number of anilines is 1. The van der Waals surface area contributed by atoms with Crippen LogP contribution >= 0.6 is 0 Å². The molecule has 3 heteroatoms. The van der Waals surface area contributed by atoms with Gasteiger partial charge < -0.3 is 10.6 Å². The van der Waals surface area contributed by atoms with Gasteiger partial charge in [0, 0.05) is 19.1 Å². The molecule has 0 amide bonds. The topological polar surface area (TPSA) is 29.3 Å². The van der Waals surface area contributed by atoms with E-state index in [9.17, 15) is 4.39 Å². The molecule has 1 aliphatic carbocycles. The van der Waals surface area contributed by atoms with Crippen LogP contribution in [0, 0.1) is 5.82 Å². The molecule has 0 unspecified atom stereocenters. The van der Waals surface area contributed by atoms with Gasteiger partial charge in [0.25, 0.3) is 0 Å². The van der Waals surface area contributed by atoms with Crippen molar-refractivity contribution in [2.24, 2.45) is 5.73 Å². The molecule has 18 heavy (non-hydrogen) atoms. The maximum absolute atomic E-state index is 14.1. The van der Waals surface area contributed by atoms with Crippen LogP contribution in [-0.2, 0) is 6.54 Å². The van der Waals surface area contributed by atoms with Crippen LogP contribution in [0.3, 0.4) is 0 Å². The number of hydrogen-bond donors (Lipinski definition) is 1. The van der Waals surface area contributed by atoms with Crippen molar-refractivity contribution in [1.29, 1.82) is 0 Å². The summed E-state index contributed by atoms with van der Waals surface area (Å²) < 4.78 is 14.1. The highest BCUT2D eigenvalue weighted by atomic mass is 19.1. The predicted molar refractivity (Wildman–Crippen MR) is 74.2 cm³/mol. The lowest BCUT2D eigenvalue weighted by molar-refractivity contribution is 0.414. The van der Waals surface area contributed by atoms with Crippen LogP contribution in [0.2, 0.25) is 0 Å². The minimum Gasteiger partial charge on any atom is -0.366 e. The fourth-order valence-corrected chi connectivity index (χ4v) is 3.04. The molecule has 0 heterocycles. The van der Waals surface area contributed by atoms with Gasteiger partial charge in [0.05, 0.1) is 5.69 Å². The zero-order chi connectivity index (χ0) is 13.0. The van der Waals surface area contributed by atoms with E-state index in [0.717, 1.165) is 17.8 Å². The summed E-state index contributed by atoms with van der Waals surface area (Å²) in [6.45, 7) is 3.34. The van der Waals surface area contributed by atoms with Gasteiger partial charge in [-0.15, -0.1) is 0 Å². The van der Waals surface area contributed by atoms with Gasteiger partial charge in [-0.1, -0.05) is 31.4 Å². The SMILES string of the molecule is CCN(c1c(F)cccc1CN)C1CCCCC1. The molecule has 2 rings (SSSR count). The Morgan fingerprint density at radius 2 is 2.00 bits per heavy atom. The summed E-state index contributed by atoms with van der Waals surface area (Å²) in [7, 11) is 0. The highest BCUT2D eigenvalue weighted by Gasteiger charge is 2.23. The second-order valence-corrected chi connectivity index (χ2v) is 5.03. The first-order chi connectivity index (χ1) is 8.77. The van der Waals surface area contributed by atoms with Gasteiger partial charge in [-0.3, -0.25) is 0 Å². The van der Waals surface area contributed by atoms with E-state index in [-0.39, 0.29) is 5.82 Å². The zero-order valence-electron chi connectivity index (χ0n) is 11.2. The highest BCUT2D eigenvalue weighted by molar-refractivity contribution is 5.55. The number of para-hydroxylation sites is 1. The minimum absolute atomic E-state index is 0.134. The summed E-state index contributed by atoms with van der Waals surface area (Å²) in [5, 5.41) is 0. The summed E-state index contributed by atoms with van der Waals surface area (Å²) in [5.41, 5.74) is 7.40. The lowest BCUT2D eigenvalue weighted by atomic mass is 9.93. The third kappa shape index (κ3) is 2.66. The Morgan fingerprint density at radius 1 is 1.28 bits per heavy atom. The molecule has 1 aromatic carbocycles. The van der Waals surface area contributed by atoms with Crippen LogP contribution in [0.4, 0.5) is 10.1 Å². The maximum Gasteiger partial charge on any atom is 0.146 e. The first-order valence-corrected chi connectivity index (χ1v) is 7.02. The van der Waals surface area contributed by atoms with E-state index < -0.39 is 0 Å². The molecule has 2 N–H and O–H groups in total. The van der Waals surface area contributed by atoms with E-state index >= 15 is 0 Å². The molecule has 0 aliphatic heterocycles. The zero-order valence-corrected chi connectivity index (χ0v) is 11.2. The predicted octanol–water partition coefficient (Wildman–Crippen LogP) is 3.44. The van der Waals surface area contributed by atoms with Gasteiger partial charge >= 0.3 is 0 Å². The van der Waals surface area contributed by atoms with Gasteiger partial charge in [0.1, 0.15) is 5.82 Å². The van der Waals surface area contributed by atoms with Crippen molar-refractivity contribution in [3.63, 3.8) is 0 Å². The van der Waals surface area contributed by atoms with Crippen molar-refractivity contribution in [3.8, 4) is 0 Å². The van der Waals surface area contributed by atoms with Gasteiger partial charge in [-0.25, -0.2) is 4.39 Å². The van der Waals surface area contributed by atoms with Gasteiger partial charge in [0.15, 0.2) is 0 Å². The third-order valence-electron chi connectivity index (χ3n) is 3.93. The summed E-state index contributed by atoms with van der Waals surface area (Å²) >= 11 is 0. The number of hydrogen-bond acceptors (Lipinski definition) is 2. The fourth-order valence-electron chi connectivity index (χ4n) is 3.04. The Morgan fingerprint density at radius 3 is 2.61 bits per heavy atom. The molecule has 0 saturated heterocycles. The van der Waals surface area contributed by atoms with Crippen LogP contribution in [0.1, 0.15) is 44.6 Å². The second kappa shape index (κ2) is 6.19. The van der Waals surface area contributed by atoms with Crippen molar-refractivity contribution in [2.75, 3.05) is 11.4 Å². The summed E-state index contributed by atoms with van der Waals surface area (Å²) in [5.74, 6) is -0.134. The van der Waals surface area contributed by atoms with Crippen molar-refractivity contribution in [3.05, 3.63) is 29.6 Å². The summed E-state index contributed by atoms with van der Waals surface area (Å²) in [6.07, 6.45) is 6.18. The Bertz CT molecular complexity index is 386. The van der Waals surface area contributed by atoms with E-state index in [1.54, 1.807) is 12.1 Å². The van der Waals surface area contributed by atoms with Crippen molar-refractivity contribution < 1.29 is 4.39 Å². The maximum atomic E-state index is 14.1. The molecule has 0 radical (unpaired) electrons. The highest BCUT2D eigenvalue weighted by Crippen LogP contribution is 2.31. The van der Waals surface area contributed by atoms with Crippen molar-refractivity contribution in [2.45, 2.75) is 51.6 Å². The molecule has 100 valence electrons. The fraction of sp³-hybridized carbons (Fsp3) is 0.600. The molecular formula is C15H23FN2. The first-order valence-electron chi connectivity index (χ1n) is 7.02. The van der Waals surface area contributed by atoms with E-state index in [0.29, 0.717) is 12.6 Å². The Kier molecular flexibility index (Phi) is 4.59. The number of nitrogens with two attached hydrogens (primary N) is 1. The summed E-state index contributed by atoms with van der Waals surface area (Å²) in [6, 6.07) is 5.70. The molecule has 1 saturated carbocycles. The molecule has 0 bridgehead atoms. The Balaban J connectivity index is 2.31. The Hall–Kier alpha value is -1.09. The van der Waals surface area contributed by atoms with Crippen LogP contribution < -0.4 is 10.6 Å². The monoisotopic (exact) mass is 250 g/mol. The first kappa shape index (κ1) is 13.3. The standard InChI is InChI=1S/C15H23FN2/c1-2-18(13-8-4-3-5-9-13)15-12(11-17)7-6-10-14(15)16/h6-7,10,13H,2-5,8-9,11,17H2,1H3.